The third-order valence-electron chi connectivity index (χ3n) is 2.93. The third kappa shape index (κ3) is 2.76. The fourth-order valence-electron chi connectivity index (χ4n) is 2.08. The second-order valence-electron chi connectivity index (χ2n) is 4.04. The van der Waals surface area contributed by atoms with Crippen LogP contribution in [0.5, 0.6) is 0 Å². The maximum Gasteiger partial charge on any atom is 0.214 e. The molecule has 6 heteroatoms. The Labute approximate surface area is 106 Å². The predicted octanol–water partition coefficient (Wildman–Crippen LogP) is 2.39. The summed E-state index contributed by atoms with van der Waals surface area (Å²) in [5.41, 5.74) is 0.988. The van der Waals surface area contributed by atoms with Crippen molar-refractivity contribution in [1.29, 1.82) is 5.26 Å². The Morgan fingerprint density at radius 3 is 3.12 bits per heavy atom. The van der Waals surface area contributed by atoms with Gasteiger partial charge in [0.05, 0.1) is 9.73 Å². The summed E-state index contributed by atoms with van der Waals surface area (Å²) in [6.45, 7) is 0. The maximum atomic E-state index is 12.4. The first-order valence-corrected chi connectivity index (χ1v) is 7.49. The Bertz CT molecular complexity index is 555. The van der Waals surface area contributed by atoms with Crippen LogP contribution in [0.4, 0.5) is 0 Å². The van der Waals surface area contributed by atoms with E-state index >= 15 is 0 Å². The lowest BCUT2D eigenvalue weighted by molar-refractivity contribution is 0.667. The van der Waals surface area contributed by atoms with Gasteiger partial charge in [-0.3, -0.25) is 0 Å². The Kier molecular flexibility index (Phi) is 3.65. The average molecular weight is 270 g/mol. The van der Waals surface area contributed by atoms with Gasteiger partial charge in [-0.2, -0.15) is 5.26 Å². The molecule has 17 heavy (non-hydrogen) atoms. The molecule has 1 aliphatic rings. The molecule has 2 heterocycles. The van der Waals surface area contributed by atoms with Crippen molar-refractivity contribution in [3.8, 4) is 6.19 Å². The van der Waals surface area contributed by atoms with E-state index in [1.165, 1.54) is 0 Å². The SMILES string of the molecule is N#CN=S1(=O)CCC[C@@H]1Cc1ccc(Cl)nc1. The monoisotopic (exact) mass is 269 g/mol. The van der Waals surface area contributed by atoms with Gasteiger partial charge in [-0.15, -0.1) is 4.36 Å². The average Bonchev–Trinajstić information content (AvgIpc) is 2.64. The minimum Gasteiger partial charge on any atom is -0.248 e. The molecule has 0 radical (unpaired) electrons. The van der Waals surface area contributed by atoms with Gasteiger partial charge in [-0.25, -0.2) is 9.19 Å². The highest BCUT2D eigenvalue weighted by Gasteiger charge is 2.29. The summed E-state index contributed by atoms with van der Waals surface area (Å²) in [6, 6.07) is 3.59. The van der Waals surface area contributed by atoms with Crippen LogP contribution in [0.2, 0.25) is 5.15 Å². The molecule has 2 atom stereocenters. The van der Waals surface area contributed by atoms with Crippen molar-refractivity contribution >= 4 is 21.3 Å². The summed E-state index contributed by atoms with van der Waals surface area (Å²) in [5.74, 6) is 0.534. The van der Waals surface area contributed by atoms with E-state index in [1.54, 1.807) is 18.5 Å². The van der Waals surface area contributed by atoms with Gasteiger partial charge in [0.25, 0.3) is 0 Å². The number of nitriles is 1. The van der Waals surface area contributed by atoms with Crippen molar-refractivity contribution in [1.82, 2.24) is 4.98 Å². The molecule has 0 spiro atoms. The van der Waals surface area contributed by atoms with Crippen LogP contribution in [0.15, 0.2) is 22.7 Å². The van der Waals surface area contributed by atoms with Gasteiger partial charge >= 0.3 is 0 Å². The molecule has 0 aromatic carbocycles. The Balaban J connectivity index is 2.20. The van der Waals surface area contributed by atoms with Gasteiger partial charge in [0, 0.05) is 17.2 Å². The summed E-state index contributed by atoms with van der Waals surface area (Å²) in [5, 5.41) is 9.00. The first-order chi connectivity index (χ1) is 8.14. The van der Waals surface area contributed by atoms with Crippen LogP contribution in [0.25, 0.3) is 0 Å². The van der Waals surface area contributed by atoms with Gasteiger partial charge in [-0.1, -0.05) is 17.7 Å². The van der Waals surface area contributed by atoms with Gasteiger partial charge in [0.1, 0.15) is 5.15 Å². The van der Waals surface area contributed by atoms with Crippen LogP contribution in [-0.2, 0) is 16.1 Å². The zero-order chi connectivity index (χ0) is 12.3. The minimum atomic E-state index is -2.35. The van der Waals surface area contributed by atoms with Crippen LogP contribution in [0.3, 0.4) is 0 Å². The first-order valence-electron chi connectivity index (χ1n) is 5.36. The number of pyridine rings is 1. The summed E-state index contributed by atoms with van der Waals surface area (Å²) in [7, 11) is -2.35. The molecular formula is C11H12ClN3OS. The molecule has 1 fully saturated rings. The van der Waals surface area contributed by atoms with E-state index < -0.39 is 9.73 Å². The number of hydrogen-bond acceptors (Lipinski definition) is 4. The van der Waals surface area contributed by atoms with Gasteiger partial charge in [-0.05, 0) is 30.9 Å². The largest absolute Gasteiger partial charge is 0.248 e. The molecule has 90 valence electrons. The molecule has 1 aromatic heterocycles. The lowest BCUT2D eigenvalue weighted by atomic mass is 10.1. The highest BCUT2D eigenvalue weighted by atomic mass is 35.5. The zero-order valence-corrected chi connectivity index (χ0v) is 10.7. The molecule has 1 aliphatic heterocycles. The van der Waals surface area contributed by atoms with Gasteiger partial charge in [0.2, 0.25) is 6.19 Å². The quantitative estimate of drug-likeness (QED) is 0.612. The predicted molar refractivity (Wildman–Crippen MR) is 67.0 cm³/mol. The summed E-state index contributed by atoms with van der Waals surface area (Å²) >= 11 is 5.70. The van der Waals surface area contributed by atoms with Crippen LogP contribution >= 0.6 is 11.6 Å². The zero-order valence-electron chi connectivity index (χ0n) is 9.17. The van der Waals surface area contributed by atoms with Crippen molar-refractivity contribution in [2.45, 2.75) is 24.5 Å². The number of rotatable bonds is 2. The standard InChI is InChI=1S/C11H12ClN3OS/c12-11-4-3-9(7-14-11)6-10-2-1-5-17(10,16)15-8-13/h3-4,7,10H,1-2,5-6H2/t10-,17?/m1/s1. The van der Waals surface area contributed by atoms with Crippen molar-refractivity contribution in [2.75, 3.05) is 5.75 Å². The second-order valence-corrected chi connectivity index (χ2v) is 7.07. The Hall–Kier alpha value is -1.12. The van der Waals surface area contributed by atoms with E-state index in [2.05, 4.69) is 9.35 Å². The highest BCUT2D eigenvalue weighted by molar-refractivity contribution is 7.94. The fourth-order valence-corrected chi connectivity index (χ4v) is 4.47. The van der Waals surface area contributed by atoms with Crippen molar-refractivity contribution < 1.29 is 4.21 Å². The van der Waals surface area contributed by atoms with E-state index in [1.807, 2.05) is 6.07 Å². The Morgan fingerprint density at radius 2 is 2.47 bits per heavy atom. The van der Waals surface area contributed by atoms with E-state index in [9.17, 15) is 4.21 Å². The van der Waals surface area contributed by atoms with Crippen molar-refractivity contribution in [3.05, 3.63) is 29.0 Å². The molecule has 4 nitrogen and oxygen atoms in total. The minimum absolute atomic E-state index is 0.0369. The Morgan fingerprint density at radius 1 is 1.65 bits per heavy atom. The first kappa shape index (κ1) is 12.3. The highest BCUT2D eigenvalue weighted by Crippen LogP contribution is 2.25. The summed E-state index contributed by atoms with van der Waals surface area (Å²) in [6.07, 6.45) is 5.75. The van der Waals surface area contributed by atoms with Gasteiger partial charge in [0.15, 0.2) is 0 Å². The van der Waals surface area contributed by atoms with Crippen LogP contribution in [0, 0.1) is 11.5 Å². The van der Waals surface area contributed by atoms with Crippen molar-refractivity contribution in [2.24, 2.45) is 4.36 Å². The smallest absolute Gasteiger partial charge is 0.214 e. The van der Waals surface area contributed by atoms with Crippen molar-refractivity contribution in [3.63, 3.8) is 0 Å². The lowest BCUT2D eigenvalue weighted by Crippen LogP contribution is -2.18. The number of aromatic nitrogens is 1. The van der Waals surface area contributed by atoms with Crippen LogP contribution in [-0.4, -0.2) is 20.2 Å². The molecule has 0 saturated carbocycles. The summed E-state index contributed by atoms with van der Waals surface area (Å²) < 4.78 is 16.0. The fraction of sp³-hybridized carbons (Fsp3) is 0.455. The molecule has 0 bridgehead atoms. The number of hydrogen-bond donors (Lipinski definition) is 0. The third-order valence-corrected chi connectivity index (χ3v) is 5.86. The maximum absolute atomic E-state index is 12.4. The molecule has 2 rings (SSSR count). The van der Waals surface area contributed by atoms with E-state index in [0.717, 1.165) is 18.4 Å². The molecule has 0 aliphatic carbocycles. The second kappa shape index (κ2) is 5.03. The summed E-state index contributed by atoms with van der Waals surface area (Å²) in [4.78, 5) is 3.99. The van der Waals surface area contributed by atoms with Crippen LogP contribution in [0.1, 0.15) is 18.4 Å². The molecule has 1 unspecified atom stereocenters. The van der Waals surface area contributed by atoms with Crippen LogP contribution < -0.4 is 0 Å². The van der Waals surface area contributed by atoms with Gasteiger partial charge < -0.3 is 0 Å². The normalized spacial score (nSPS) is 27.6. The van der Waals surface area contributed by atoms with E-state index in [0.29, 0.717) is 17.3 Å². The topological polar surface area (TPSA) is 66.1 Å². The molecule has 0 amide bonds. The molecule has 1 saturated heterocycles. The molecule has 1 aromatic rings. The van der Waals surface area contributed by atoms with E-state index in [-0.39, 0.29) is 5.25 Å². The molecular weight excluding hydrogens is 258 g/mol. The number of halogens is 1. The van der Waals surface area contributed by atoms with E-state index in [4.69, 9.17) is 16.9 Å². The number of nitrogens with zero attached hydrogens (tertiary/aromatic N) is 3. The molecule has 0 N–H and O–H groups in total. The lowest BCUT2D eigenvalue weighted by Gasteiger charge is -2.11.